The second-order valence-corrected chi connectivity index (χ2v) is 3.31. The van der Waals surface area contributed by atoms with Gasteiger partial charge in [0.2, 0.25) is 0 Å². The molecule has 0 spiro atoms. The van der Waals surface area contributed by atoms with Crippen LogP contribution in [0, 0.1) is 0 Å². The smallest absolute Gasteiger partial charge is 0.0704 e. The van der Waals surface area contributed by atoms with Crippen LogP contribution in [0.4, 0.5) is 0 Å². The molecular formula is C6H3Si3. The Kier molecular flexibility index (Phi) is 2.05. The Balaban J connectivity index is 3.25. The van der Waals surface area contributed by atoms with Crippen molar-refractivity contribution in [3.05, 3.63) is 18.2 Å². The van der Waals surface area contributed by atoms with Gasteiger partial charge in [-0.2, -0.15) is 0 Å². The van der Waals surface area contributed by atoms with Gasteiger partial charge in [0.1, 0.15) is 0 Å². The van der Waals surface area contributed by atoms with E-state index in [1.807, 2.05) is 18.2 Å². The highest BCUT2D eigenvalue weighted by Crippen LogP contribution is 1.70. The number of benzene rings is 1. The first-order valence-electron chi connectivity index (χ1n) is 2.49. The second kappa shape index (κ2) is 2.64. The molecule has 0 aliphatic carbocycles. The molecule has 0 atom stereocenters. The summed E-state index contributed by atoms with van der Waals surface area (Å²) in [6.45, 7) is 0. The Morgan fingerprint density at radius 1 is 0.889 bits per heavy atom. The molecule has 9 heavy (non-hydrogen) atoms. The van der Waals surface area contributed by atoms with Crippen molar-refractivity contribution in [2.45, 2.75) is 0 Å². The predicted molar refractivity (Wildman–Crippen MR) is 42.6 cm³/mol. The first kappa shape index (κ1) is 6.98. The molecule has 0 aliphatic heterocycles. The lowest BCUT2D eigenvalue weighted by atomic mass is 10.3. The summed E-state index contributed by atoms with van der Waals surface area (Å²) in [6.07, 6.45) is 0. The van der Waals surface area contributed by atoms with Gasteiger partial charge < -0.3 is 0 Å². The minimum Gasteiger partial charge on any atom is -0.0704 e. The van der Waals surface area contributed by atoms with Gasteiger partial charge in [-0.3, -0.25) is 0 Å². The van der Waals surface area contributed by atoms with E-state index in [0.717, 1.165) is 15.6 Å². The van der Waals surface area contributed by atoms with Crippen LogP contribution in [0.2, 0.25) is 0 Å². The van der Waals surface area contributed by atoms with E-state index >= 15 is 0 Å². The molecule has 1 rings (SSSR count). The maximum Gasteiger partial charge on any atom is 0.0709 e. The predicted octanol–water partition coefficient (Wildman–Crippen LogP) is -1.93. The quantitative estimate of drug-likeness (QED) is 0.387. The van der Waals surface area contributed by atoms with E-state index in [1.54, 1.807) is 0 Å². The molecule has 0 nitrogen and oxygen atoms in total. The minimum atomic E-state index is 1.05. The number of hydrogen-bond donors (Lipinski definition) is 0. The normalized spacial score (nSPS) is 9.67. The van der Waals surface area contributed by atoms with Gasteiger partial charge >= 0.3 is 0 Å². The van der Waals surface area contributed by atoms with E-state index in [2.05, 4.69) is 30.7 Å². The zero-order valence-electron chi connectivity index (χ0n) is 4.73. The summed E-state index contributed by atoms with van der Waals surface area (Å²) in [5.41, 5.74) is 0. The van der Waals surface area contributed by atoms with Crippen LogP contribution < -0.4 is 15.6 Å². The van der Waals surface area contributed by atoms with Gasteiger partial charge in [-0.05, 0) is 0 Å². The van der Waals surface area contributed by atoms with Crippen molar-refractivity contribution in [1.29, 1.82) is 0 Å². The molecule has 0 unspecified atom stereocenters. The summed E-state index contributed by atoms with van der Waals surface area (Å²) in [7, 11) is 10.3. The fourth-order valence-electron chi connectivity index (χ4n) is 0.552. The molecule has 0 saturated heterocycles. The zero-order valence-corrected chi connectivity index (χ0v) is 7.73. The summed E-state index contributed by atoms with van der Waals surface area (Å²) in [4.78, 5) is 0. The van der Waals surface area contributed by atoms with Crippen LogP contribution in [0.15, 0.2) is 18.2 Å². The van der Waals surface area contributed by atoms with E-state index in [4.69, 9.17) is 0 Å². The first-order valence-corrected chi connectivity index (χ1v) is 3.99. The van der Waals surface area contributed by atoms with Crippen molar-refractivity contribution in [1.82, 2.24) is 0 Å². The maximum atomic E-state index is 3.43. The third kappa shape index (κ3) is 1.41. The molecule has 0 aromatic heterocycles. The second-order valence-electron chi connectivity index (χ2n) is 1.73. The van der Waals surface area contributed by atoms with Crippen molar-refractivity contribution >= 4 is 46.3 Å². The van der Waals surface area contributed by atoms with Gasteiger partial charge in [-0.15, -0.1) is 0 Å². The molecule has 0 saturated carbocycles. The summed E-state index contributed by atoms with van der Waals surface area (Å²) < 4.78 is 0. The molecule has 0 N–H and O–H groups in total. The van der Waals surface area contributed by atoms with Crippen LogP contribution in [-0.4, -0.2) is 30.7 Å². The standard InChI is InChI=1S/C6H3Si3/c7-4-2-1-3-5(8)6(4)9/h1-3H. The molecule has 0 amide bonds. The van der Waals surface area contributed by atoms with Crippen LogP contribution in [0.25, 0.3) is 0 Å². The Morgan fingerprint density at radius 3 is 1.67 bits per heavy atom. The summed E-state index contributed by atoms with van der Waals surface area (Å²) >= 11 is 0. The third-order valence-electron chi connectivity index (χ3n) is 1.06. The van der Waals surface area contributed by atoms with Crippen LogP contribution >= 0.6 is 0 Å². The molecule has 1 aromatic carbocycles. The number of rotatable bonds is 0. The molecule has 1 aromatic rings. The van der Waals surface area contributed by atoms with Crippen LogP contribution in [0.5, 0.6) is 0 Å². The lowest BCUT2D eigenvalue weighted by molar-refractivity contribution is 1.88. The fourth-order valence-corrected chi connectivity index (χ4v) is 1.31. The van der Waals surface area contributed by atoms with Crippen molar-refractivity contribution < 1.29 is 0 Å². The zero-order chi connectivity index (χ0) is 6.85. The molecule has 0 bridgehead atoms. The highest BCUT2D eigenvalue weighted by molar-refractivity contribution is 6.56. The average Bonchev–Trinajstić information content (AvgIpc) is 1.83. The van der Waals surface area contributed by atoms with Gasteiger partial charge in [0, 0.05) is 0 Å². The Labute approximate surface area is 64.9 Å². The lowest BCUT2D eigenvalue weighted by Crippen LogP contribution is -2.38. The first-order chi connectivity index (χ1) is 4.22. The maximum absolute atomic E-state index is 3.43. The van der Waals surface area contributed by atoms with Crippen molar-refractivity contribution in [3.63, 3.8) is 0 Å². The Bertz CT molecular complexity index is 199. The van der Waals surface area contributed by atoms with Crippen molar-refractivity contribution in [2.24, 2.45) is 0 Å². The minimum absolute atomic E-state index is 1.05. The van der Waals surface area contributed by atoms with Crippen LogP contribution in [0.1, 0.15) is 0 Å². The Morgan fingerprint density at radius 2 is 1.33 bits per heavy atom. The monoisotopic (exact) mass is 159 g/mol. The van der Waals surface area contributed by atoms with E-state index in [-0.39, 0.29) is 0 Å². The SMILES string of the molecule is [Si]c1cccc([Si])c1[Si]. The molecule has 0 aliphatic rings. The summed E-state index contributed by atoms with van der Waals surface area (Å²) in [6, 6.07) is 5.92. The number of hydrogen-bond acceptors (Lipinski definition) is 0. The molecule has 3 heteroatoms. The molecular weight excluding hydrogens is 156 g/mol. The van der Waals surface area contributed by atoms with E-state index in [9.17, 15) is 0 Å². The van der Waals surface area contributed by atoms with Crippen molar-refractivity contribution in [2.75, 3.05) is 0 Å². The van der Waals surface area contributed by atoms with Crippen LogP contribution in [0.3, 0.4) is 0 Å². The highest BCUT2D eigenvalue weighted by Gasteiger charge is 1.92. The third-order valence-corrected chi connectivity index (χ3v) is 2.94. The van der Waals surface area contributed by atoms with Crippen molar-refractivity contribution in [3.8, 4) is 0 Å². The molecule has 0 fully saturated rings. The van der Waals surface area contributed by atoms with Gasteiger partial charge in [0.15, 0.2) is 0 Å². The van der Waals surface area contributed by atoms with Gasteiger partial charge in [-0.1, -0.05) is 33.8 Å². The fraction of sp³-hybridized carbons (Fsp3) is 0. The van der Waals surface area contributed by atoms with E-state index in [1.165, 1.54) is 0 Å². The summed E-state index contributed by atoms with van der Waals surface area (Å²) in [5, 5.41) is 3.16. The van der Waals surface area contributed by atoms with Crippen LogP contribution in [-0.2, 0) is 0 Å². The Hall–Kier alpha value is -0.129. The van der Waals surface area contributed by atoms with Gasteiger partial charge in [0.25, 0.3) is 0 Å². The topological polar surface area (TPSA) is 0 Å². The molecule has 39 valence electrons. The molecule has 9 radical (unpaired) electrons. The van der Waals surface area contributed by atoms with E-state index < -0.39 is 0 Å². The van der Waals surface area contributed by atoms with Gasteiger partial charge in [0.05, 0.1) is 30.7 Å². The summed E-state index contributed by atoms with van der Waals surface area (Å²) in [5.74, 6) is 0. The van der Waals surface area contributed by atoms with E-state index in [0.29, 0.717) is 0 Å². The van der Waals surface area contributed by atoms with Gasteiger partial charge in [-0.25, -0.2) is 0 Å². The largest absolute Gasteiger partial charge is 0.0709 e. The lowest BCUT2D eigenvalue weighted by Gasteiger charge is -2.00. The highest BCUT2D eigenvalue weighted by atomic mass is 28.2. The average molecular weight is 159 g/mol. The molecule has 0 heterocycles.